The van der Waals surface area contributed by atoms with Gasteiger partial charge in [0, 0.05) is 29.9 Å². The fourth-order valence-electron chi connectivity index (χ4n) is 2.33. The molecule has 0 radical (unpaired) electrons. The second-order valence-corrected chi connectivity index (χ2v) is 5.56. The number of nitrogens with zero attached hydrogens (tertiary/aromatic N) is 3. The third-order valence-corrected chi connectivity index (χ3v) is 3.75. The number of ether oxygens (including phenoxy) is 1. The van der Waals surface area contributed by atoms with E-state index in [2.05, 4.69) is 20.2 Å². The van der Waals surface area contributed by atoms with Crippen molar-refractivity contribution in [3.63, 3.8) is 0 Å². The van der Waals surface area contributed by atoms with Crippen molar-refractivity contribution in [2.45, 2.75) is 6.54 Å². The number of amides is 1. The van der Waals surface area contributed by atoms with Gasteiger partial charge in [-0.3, -0.25) is 4.79 Å². The molecule has 1 amide bonds. The summed E-state index contributed by atoms with van der Waals surface area (Å²) in [7, 11) is 0. The summed E-state index contributed by atoms with van der Waals surface area (Å²) in [6.07, 6.45) is 1.71. The highest BCUT2D eigenvalue weighted by Crippen LogP contribution is 2.13. The van der Waals surface area contributed by atoms with Gasteiger partial charge in [-0.1, -0.05) is 17.7 Å². The van der Waals surface area contributed by atoms with Gasteiger partial charge in [0.25, 0.3) is 5.91 Å². The number of aromatic nitrogens is 2. The molecular weight excluding hydrogens is 316 g/mol. The number of anilines is 1. The van der Waals surface area contributed by atoms with E-state index in [1.165, 1.54) is 0 Å². The highest BCUT2D eigenvalue weighted by Gasteiger charge is 2.13. The smallest absolute Gasteiger partial charge is 0.251 e. The van der Waals surface area contributed by atoms with Gasteiger partial charge < -0.3 is 15.0 Å². The van der Waals surface area contributed by atoms with Crippen molar-refractivity contribution in [3.05, 3.63) is 52.9 Å². The average Bonchev–Trinajstić information content (AvgIpc) is 2.61. The fraction of sp³-hybridized carbons (Fsp3) is 0.312. The molecule has 0 aliphatic carbocycles. The number of nitrogens with one attached hydrogen (secondary N) is 1. The van der Waals surface area contributed by atoms with E-state index in [1.807, 2.05) is 6.07 Å². The van der Waals surface area contributed by atoms with E-state index < -0.39 is 0 Å². The summed E-state index contributed by atoms with van der Waals surface area (Å²) in [6, 6.07) is 8.68. The standard InChI is InChI=1S/C16H17ClN4O2/c17-13-3-1-2-12(10-13)16(22)19-11-14-18-5-4-15(20-14)21-6-8-23-9-7-21/h1-5,10H,6-9,11H2,(H,19,22). The van der Waals surface area contributed by atoms with Crippen molar-refractivity contribution in [2.75, 3.05) is 31.2 Å². The summed E-state index contributed by atoms with van der Waals surface area (Å²) in [5.74, 6) is 1.23. The molecule has 0 saturated carbocycles. The van der Waals surface area contributed by atoms with Gasteiger partial charge in [0.2, 0.25) is 0 Å². The number of halogens is 1. The van der Waals surface area contributed by atoms with Crippen LogP contribution in [-0.4, -0.2) is 42.2 Å². The van der Waals surface area contributed by atoms with Crippen LogP contribution in [0.1, 0.15) is 16.2 Å². The van der Waals surface area contributed by atoms with Crippen LogP contribution in [0.3, 0.4) is 0 Å². The summed E-state index contributed by atoms with van der Waals surface area (Å²) in [4.78, 5) is 23.0. The molecule has 120 valence electrons. The van der Waals surface area contributed by atoms with Crippen LogP contribution in [0.25, 0.3) is 0 Å². The van der Waals surface area contributed by atoms with Crippen LogP contribution in [0.4, 0.5) is 5.82 Å². The SMILES string of the molecule is O=C(NCc1nccc(N2CCOCC2)n1)c1cccc(Cl)c1. The Morgan fingerprint density at radius 2 is 2.13 bits per heavy atom. The molecule has 1 fully saturated rings. The molecule has 0 spiro atoms. The van der Waals surface area contributed by atoms with Gasteiger partial charge in [0.1, 0.15) is 11.6 Å². The Morgan fingerprint density at radius 3 is 2.91 bits per heavy atom. The lowest BCUT2D eigenvalue weighted by Crippen LogP contribution is -2.37. The lowest BCUT2D eigenvalue weighted by atomic mass is 10.2. The minimum atomic E-state index is -0.201. The molecule has 1 saturated heterocycles. The predicted octanol–water partition coefficient (Wildman–Crippen LogP) is 1.90. The Morgan fingerprint density at radius 1 is 1.30 bits per heavy atom. The normalized spacial score (nSPS) is 14.6. The summed E-state index contributed by atoms with van der Waals surface area (Å²) < 4.78 is 5.34. The lowest BCUT2D eigenvalue weighted by Gasteiger charge is -2.27. The molecule has 2 heterocycles. The van der Waals surface area contributed by atoms with E-state index >= 15 is 0 Å². The van der Waals surface area contributed by atoms with E-state index in [0.717, 1.165) is 18.9 Å². The third-order valence-electron chi connectivity index (χ3n) is 3.52. The summed E-state index contributed by atoms with van der Waals surface area (Å²) >= 11 is 5.89. The van der Waals surface area contributed by atoms with Crippen molar-refractivity contribution in [2.24, 2.45) is 0 Å². The molecule has 1 aliphatic heterocycles. The second-order valence-electron chi connectivity index (χ2n) is 5.12. The molecular formula is C16H17ClN4O2. The van der Waals surface area contributed by atoms with Crippen LogP contribution in [0.5, 0.6) is 0 Å². The van der Waals surface area contributed by atoms with Gasteiger partial charge in [-0.25, -0.2) is 9.97 Å². The Balaban J connectivity index is 1.63. The van der Waals surface area contributed by atoms with Gasteiger partial charge >= 0.3 is 0 Å². The number of rotatable bonds is 4. The van der Waals surface area contributed by atoms with Crippen molar-refractivity contribution < 1.29 is 9.53 Å². The maximum Gasteiger partial charge on any atom is 0.251 e. The zero-order chi connectivity index (χ0) is 16.1. The first-order valence-electron chi connectivity index (χ1n) is 7.41. The molecule has 2 aromatic rings. The maximum absolute atomic E-state index is 12.1. The minimum absolute atomic E-state index is 0.201. The zero-order valence-corrected chi connectivity index (χ0v) is 13.3. The van der Waals surface area contributed by atoms with E-state index in [4.69, 9.17) is 16.3 Å². The number of carbonyl (C=O) groups excluding carboxylic acids is 1. The van der Waals surface area contributed by atoms with E-state index in [1.54, 1.807) is 30.5 Å². The quantitative estimate of drug-likeness (QED) is 0.926. The zero-order valence-electron chi connectivity index (χ0n) is 12.5. The van der Waals surface area contributed by atoms with Gasteiger partial charge in [0.15, 0.2) is 0 Å². The van der Waals surface area contributed by atoms with Crippen LogP contribution >= 0.6 is 11.6 Å². The van der Waals surface area contributed by atoms with Crippen molar-refractivity contribution >= 4 is 23.3 Å². The molecule has 1 aromatic carbocycles. The number of morpholine rings is 1. The Hall–Kier alpha value is -2.18. The van der Waals surface area contributed by atoms with Crippen LogP contribution in [-0.2, 0) is 11.3 Å². The van der Waals surface area contributed by atoms with Crippen molar-refractivity contribution in [1.82, 2.24) is 15.3 Å². The van der Waals surface area contributed by atoms with Gasteiger partial charge in [-0.05, 0) is 24.3 Å². The molecule has 23 heavy (non-hydrogen) atoms. The van der Waals surface area contributed by atoms with Crippen LogP contribution in [0.15, 0.2) is 36.5 Å². The average molecular weight is 333 g/mol. The number of hydrogen-bond acceptors (Lipinski definition) is 5. The number of benzene rings is 1. The van der Waals surface area contributed by atoms with Crippen LogP contribution in [0, 0.1) is 0 Å². The largest absolute Gasteiger partial charge is 0.378 e. The van der Waals surface area contributed by atoms with Crippen molar-refractivity contribution in [1.29, 1.82) is 0 Å². The Kier molecular flexibility index (Phi) is 5.05. The monoisotopic (exact) mass is 332 g/mol. The molecule has 1 N–H and O–H groups in total. The maximum atomic E-state index is 12.1. The molecule has 6 nitrogen and oxygen atoms in total. The molecule has 7 heteroatoms. The topological polar surface area (TPSA) is 67.4 Å². The van der Waals surface area contributed by atoms with Crippen LogP contribution < -0.4 is 10.2 Å². The molecule has 0 atom stereocenters. The number of carbonyl (C=O) groups is 1. The number of hydrogen-bond donors (Lipinski definition) is 1. The van der Waals surface area contributed by atoms with E-state index in [0.29, 0.717) is 29.6 Å². The lowest BCUT2D eigenvalue weighted by molar-refractivity contribution is 0.0950. The van der Waals surface area contributed by atoms with E-state index in [-0.39, 0.29) is 12.5 Å². The second kappa shape index (κ2) is 7.39. The first kappa shape index (κ1) is 15.7. The van der Waals surface area contributed by atoms with Gasteiger partial charge in [0.05, 0.1) is 19.8 Å². The van der Waals surface area contributed by atoms with Gasteiger partial charge in [-0.2, -0.15) is 0 Å². The molecule has 1 aromatic heterocycles. The van der Waals surface area contributed by atoms with Gasteiger partial charge in [-0.15, -0.1) is 0 Å². The first-order valence-corrected chi connectivity index (χ1v) is 7.78. The summed E-state index contributed by atoms with van der Waals surface area (Å²) in [5.41, 5.74) is 0.516. The van der Waals surface area contributed by atoms with E-state index in [9.17, 15) is 4.79 Å². The predicted molar refractivity (Wildman–Crippen MR) is 87.7 cm³/mol. The first-order chi connectivity index (χ1) is 11.2. The Bertz CT molecular complexity index is 689. The Labute approximate surface area is 139 Å². The summed E-state index contributed by atoms with van der Waals surface area (Å²) in [5, 5.41) is 3.34. The molecule has 3 rings (SSSR count). The molecule has 0 bridgehead atoms. The fourth-order valence-corrected chi connectivity index (χ4v) is 2.52. The highest BCUT2D eigenvalue weighted by atomic mass is 35.5. The summed E-state index contributed by atoms with van der Waals surface area (Å²) in [6.45, 7) is 3.29. The molecule has 1 aliphatic rings. The van der Waals surface area contributed by atoms with Crippen molar-refractivity contribution in [3.8, 4) is 0 Å². The minimum Gasteiger partial charge on any atom is -0.378 e. The molecule has 0 unspecified atom stereocenters. The van der Waals surface area contributed by atoms with Crippen LogP contribution in [0.2, 0.25) is 5.02 Å². The third kappa shape index (κ3) is 4.18. The highest BCUT2D eigenvalue weighted by molar-refractivity contribution is 6.30.